The van der Waals surface area contributed by atoms with Gasteiger partial charge in [0.05, 0.1) is 12.3 Å². The van der Waals surface area contributed by atoms with Gasteiger partial charge in [0.1, 0.15) is 5.75 Å². The first-order valence-electron chi connectivity index (χ1n) is 11.4. The summed E-state index contributed by atoms with van der Waals surface area (Å²) in [5, 5.41) is 8.74. The number of carboxylic acids is 1. The molecule has 34 heavy (non-hydrogen) atoms. The van der Waals surface area contributed by atoms with Crippen LogP contribution in [0.3, 0.4) is 0 Å². The summed E-state index contributed by atoms with van der Waals surface area (Å²) in [5.74, 6) is 0.110. The maximum Gasteiger partial charge on any atom is 0.419 e. The standard InChI is InChI=1S/C28H27NO5/c30-25(31)17-9-19-33-24-16-7-10-21(20-24)11-8-18-29-26(22-12-3-1-4-13-22)27(34-28(29)32)23-14-5-2-6-15-23/h1-7,10,12-16,20H,8-9,11,17-19H2,(H,30,31). The molecule has 0 fully saturated rings. The van der Waals surface area contributed by atoms with Crippen molar-refractivity contribution in [2.75, 3.05) is 6.61 Å². The lowest BCUT2D eigenvalue weighted by molar-refractivity contribution is -0.137. The molecule has 1 heterocycles. The fourth-order valence-corrected chi connectivity index (χ4v) is 3.92. The van der Waals surface area contributed by atoms with Crippen molar-refractivity contribution in [3.63, 3.8) is 0 Å². The number of benzene rings is 3. The van der Waals surface area contributed by atoms with Crippen molar-refractivity contribution >= 4 is 5.97 Å². The van der Waals surface area contributed by atoms with E-state index in [9.17, 15) is 9.59 Å². The molecule has 0 saturated carbocycles. The van der Waals surface area contributed by atoms with Gasteiger partial charge in [-0.25, -0.2) is 4.79 Å². The fraction of sp³-hybridized carbons (Fsp3) is 0.214. The largest absolute Gasteiger partial charge is 0.494 e. The fourth-order valence-electron chi connectivity index (χ4n) is 3.92. The van der Waals surface area contributed by atoms with Crippen molar-refractivity contribution in [3.05, 3.63) is 101 Å². The number of hydrogen-bond acceptors (Lipinski definition) is 4. The second-order valence-electron chi connectivity index (χ2n) is 8.03. The Kier molecular flexibility index (Phi) is 7.60. The Morgan fingerprint density at radius 2 is 1.59 bits per heavy atom. The molecule has 174 valence electrons. The second kappa shape index (κ2) is 11.2. The van der Waals surface area contributed by atoms with Gasteiger partial charge in [-0.3, -0.25) is 9.36 Å². The van der Waals surface area contributed by atoms with Crippen molar-refractivity contribution in [1.82, 2.24) is 4.57 Å². The smallest absolute Gasteiger partial charge is 0.419 e. The van der Waals surface area contributed by atoms with Crippen LogP contribution in [-0.4, -0.2) is 22.2 Å². The van der Waals surface area contributed by atoms with Crippen LogP contribution in [0.15, 0.2) is 94.1 Å². The molecule has 0 bridgehead atoms. The van der Waals surface area contributed by atoms with Gasteiger partial charge in [-0.2, -0.15) is 0 Å². The van der Waals surface area contributed by atoms with Crippen molar-refractivity contribution in [2.45, 2.75) is 32.2 Å². The highest BCUT2D eigenvalue weighted by atomic mass is 16.5. The zero-order chi connectivity index (χ0) is 23.8. The lowest BCUT2D eigenvalue weighted by Gasteiger charge is -2.10. The highest BCUT2D eigenvalue weighted by molar-refractivity contribution is 5.77. The predicted octanol–water partition coefficient (Wildman–Crippen LogP) is 5.65. The van der Waals surface area contributed by atoms with Crippen LogP contribution in [0.25, 0.3) is 22.6 Å². The summed E-state index contributed by atoms with van der Waals surface area (Å²) < 4.78 is 13.1. The molecular weight excluding hydrogens is 430 g/mol. The zero-order valence-corrected chi connectivity index (χ0v) is 18.9. The Morgan fingerprint density at radius 3 is 2.29 bits per heavy atom. The van der Waals surface area contributed by atoms with Gasteiger partial charge in [0.2, 0.25) is 0 Å². The number of aryl methyl sites for hydroxylation is 1. The van der Waals surface area contributed by atoms with E-state index in [0.29, 0.717) is 25.3 Å². The highest BCUT2D eigenvalue weighted by Crippen LogP contribution is 2.31. The van der Waals surface area contributed by atoms with Crippen LogP contribution >= 0.6 is 0 Å². The number of aromatic nitrogens is 1. The van der Waals surface area contributed by atoms with Crippen LogP contribution in [0.1, 0.15) is 24.8 Å². The van der Waals surface area contributed by atoms with E-state index < -0.39 is 5.97 Å². The average molecular weight is 458 g/mol. The summed E-state index contributed by atoms with van der Waals surface area (Å²) in [6, 6.07) is 27.3. The Bertz CT molecular complexity index is 1280. The van der Waals surface area contributed by atoms with Crippen LogP contribution in [0.5, 0.6) is 5.75 Å². The van der Waals surface area contributed by atoms with E-state index >= 15 is 0 Å². The van der Waals surface area contributed by atoms with E-state index in [1.807, 2.05) is 84.9 Å². The molecule has 0 spiro atoms. The molecule has 4 rings (SSSR count). The maximum atomic E-state index is 12.8. The Labute approximate surface area is 198 Å². The molecule has 0 aliphatic rings. The Morgan fingerprint density at radius 1 is 0.882 bits per heavy atom. The third kappa shape index (κ3) is 5.84. The van der Waals surface area contributed by atoms with Gasteiger partial charge in [-0.1, -0.05) is 72.8 Å². The molecule has 0 atom stereocenters. The number of hydrogen-bond donors (Lipinski definition) is 1. The molecule has 1 aromatic heterocycles. The van der Waals surface area contributed by atoms with Gasteiger partial charge in [0.25, 0.3) is 0 Å². The molecule has 0 aliphatic heterocycles. The molecule has 0 aliphatic carbocycles. The molecule has 0 radical (unpaired) electrons. The van der Waals surface area contributed by atoms with Gasteiger partial charge in [0, 0.05) is 24.1 Å². The molecule has 3 aromatic carbocycles. The van der Waals surface area contributed by atoms with Crippen molar-refractivity contribution in [3.8, 4) is 28.3 Å². The van der Waals surface area contributed by atoms with Crippen molar-refractivity contribution < 1.29 is 19.1 Å². The molecular formula is C28H27NO5. The molecule has 0 unspecified atom stereocenters. The van der Waals surface area contributed by atoms with Crippen LogP contribution in [0.2, 0.25) is 0 Å². The van der Waals surface area contributed by atoms with E-state index in [1.165, 1.54) is 0 Å². The number of nitrogens with zero attached hydrogens (tertiary/aromatic N) is 1. The van der Waals surface area contributed by atoms with Crippen molar-refractivity contribution in [2.24, 2.45) is 0 Å². The summed E-state index contributed by atoms with van der Waals surface area (Å²) in [6.45, 7) is 0.881. The van der Waals surface area contributed by atoms with Crippen molar-refractivity contribution in [1.29, 1.82) is 0 Å². The van der Waals surface area contributed by atoms with E-state index in [4.69, 9.17) is 14.3 Å². The molecule has 4 aromatic rings. The first-order valence-corrected chi connectivity index (χ1v) is 11.4. The molecule has 0 saturated heterocycles. The van der Waals surface area contributed by atoms with E-state index in [2.05, 4.69) is 0 Å². The number of ether oxygens (including phenoxy) is 1. The molecule has 6 nitrogen and oxygen atoms in total. The van der Waals surface area contributed by atoms with Gasteiger partial charge >= 0.3 is 11.7 Å². The average Bonchev–Trinajstić information content (AvgIpc) is 3.19. The summed E-state index contributed by atoms with van der Waals surface area (Å²) >= 11 is 0. The van der Waals surface area contributed by atoms with Gasteiger partial charge in [-0.15, -0.1) is 0 Å². The first kappa shape index (κ1) is 23.1. The Balaban J connectivity index is 1.49. The van der Waals surface area contributed by atoms with Gasteiger partial charge in [-0.05, 0) is 37.0 Å². The monoisotopic (exact) mass is 457 g/mol. The third-order valence-electron chi connectivity index (χ3n) is 5.53. The summed E-state index contributed by atoms with van der Waals surface area (Å²) in [4.78, 5) is 23.5. The molecule has 1 N–H and O–H groups in total. The van der Waals surface area contributed by atoms with Crippen LogP contribution in [0, 0.1) is 0 Å². The SMILES string of the molecule is O=C(O)CCCOc1cccc(CCCn2c(-c3ccccc3)c(-c3ccccc3)oc2=O)c1. The minimum Gasteiger partial charge on any atom is -0.494 e. The summed E-state index contributed by atoms with van der Waals surface area (Å²) in [7, 11) is 0. The second-order valence-corrected chi connectivity index (χ2v) is 8.03. The van der Waals surface area contributed by atoms with Gasteiger partial charge < -0.3 is 14.3 Å². The zero-order valence-electron chi connectivity index (χ0n) is 18.9. The Hall–Kier alpha value is -4.06. The van der Waals surface area contributed by atoms with Crippen LogP contribution in [-0.2, 0) is 17.8 Å². The first-order chi connectivity index (χ1) is 16.6. The third-order valence-corrected chi connectivity index (χ3v) is 5.53. The number of carboxylic acid groups (broad SMARTS) is 1. The minimum atomic E-state index is -0.822. The van der Waals surface area contributed by atoms with E-state index in [-0.39, 0.29) is 12.2 Å². The topological polar surface area (TPSA) is 81.7 Å². The quantitative estimate of drug-likeness (QED) is 0.294. The number of oxazole rings is 1. The predicted molar refractivity (Wildman–Crippen MR) is 131 cm³/mol. The number of rotatable bonds is 11. The van der Waals surface area contributed by atoms with E-state index in [0.717, 1.165) is 41.0 Å². The van der Waals surface area contributed by atoms with Crippen LogP contribution < -0.4 is 10.5 Å². The maximum absolute atomic E-state index is 12.8. The lowest BCUT2D eigenvalue weighted by Crippen LogP contribution is -2.16. The highest BCUT2D eigenvalue weighted by Gasteiger charge is 2.19. The summed E-state index contributed by atoms with van der Waals surface area (Å²) in [5.41, 5.74) is 3.68. The van der Waals surface area contributed by atoms with E-state index in [1.54, 1.807) is 4.57 Å². The molecule has 6 heteroatoms. The lowest BCUT2D eigenvalue weighted by atomic mass is 10.1. The number of carbonyl (C=O) groups is 1. The summed E-state index contributed by atoms with van der Waals surface area (Å²) in [6.07, 6.45) is 2.07. The van der Waals surface area contributed by atoms with Crippen LogP contribution in [0.4, 0.5) is 0 Å². The number of aliphatic carboxylic acids is 1. The normalized spacial score (nSPS) is 10.8. The van der Waals surface area contributed by atoms with Gasteiger partial charge in [0.15, 0.2) is 5.76 Å². The minimum absolute atomic E-state index is 0.0911. The molecule has 0 amide bonds.